The Balaban J connectivity index is 0.00000132. The molecule has 2 aromatic rings. The van der Waals surface area contributed by atoms with Crippen LogP contribution in [0.1, 0.15) is 12.8 Å². The Morgan fingerprint density at radius 1 is 1.22 bits per heavy atom. The van der Waals surface area contributed by atoms with Crippen molar-refractivity contribution in [1.29, 1.82) is 0 Å². The molecule has 126 valence electrons. The number of likely N-dealkylation sites (N-methyl/N-ethyl adjacent to an activating group) is 1. The first-order valence-electron chi connectivity index (χ1n) is 7.36. The highest BCUT2D eigenvalue weighted by atomic mass is 35.5. The lowest BCUT2D eigenvalue weighted by atomic mass is 10.1. The average Bonchev–Trinajstić information content (AvgIpc) is 2.91. The lowest BCUT2D eigenvalue weighted by Gasteiger charge is -2.19. The fourth-order valence-electron chi connectivity index (χ4n) is 2.76. The van der Waals surface area contributed by atoms with Gasteiger partial charge >= 0.3 is 0 Å². The molecule has 0 spiro atoms. The van der Waals surface area contributed by atoms with Gasteiger partial charge in [-0.3, -0.25) is 4.98 Å². The third-order valence-corrected chi connectivity index (χ3v) is 4.05. The maximum Gasteiger partial charge on any atom is 0.138 e. The number of nitrogens with zero attached hydrogens (tertiary/aromatic N) is 2. The van der Waals surface area contributed by atoms with E-state index in [0.717, 1.165) is 35.7 Å². The minimum Gasteiger partial charge on any atom is -0.490 e. The summed E-state index contributed by atoms with van der Waals surface area (Å²) in [5.74, 6) is 0.815. The molecule has 3 rings (SSSR count). The summed E-state index contributed by atoms with van der Waals surface area (Å²) >= 11 is 0. The number of hydrogen-bond donors (Lipinski definition) is 1. The van der Waals surface area contributed by atoms with Crippen molar-refractivity contribution < 1.29 is 4.74 Å². The highest BCUT2D eigenvalue weighted by Gasteiger charge is 2.21. The van der Waals surface area contributed by atoms with E-state index in [2.05, 4.69) is 16.9 Å². The molecule has 0 amide bonds. The summed E-state index contributed by atoms with van der Waals surface area (Å²) in [6.45, 7) is 1.88. The van der Waals surface area contributed by atoms with Crippen LogP contribution in [0.5, 0.6) is 5.75 Å². The Morgan fingerprint density at radius 2 is 2.04 bits per heavy atom. The van der Waals surface area contributed by atoms with E-state index in [4.69, 9.17) is 10.5 Å². The minimum atomic E-state index is 0. The fraction of sp³-hybridized carbons (Fsp3) is 0.353. The Hall–Kier alpha value is -1.49. The monoisotopic (exact) mass is 355 g/mol. The van der Waals surface area contributed by atoms with Crippen LogP contribution in [0, 0.1) is 0 Å². The van der Waals surface area contributed by atoms with Gasteiger partial charge in [0.05, 0.1) is 6.20 Å². The van der Waals surface area contributed by atoms with Crippen molar-refractivity contribution in [2.24, 2.45) is 0 Å². The molecule has 0 saturated carbocycles. The number of halogens is 2. The number of hydrogen-bond acceptors (Lipinski definition) is 4. The van der Waals surface area contributed by atoms with E-state index in [-0.39, 0.29) is 24.8 Å². The number of likely N-dealkylation sites (tertiary alicyclic amines) is 1. The molecule has 2 heterocycles. The third-order valence-electron chi connectivity index (χ3n) is 4.05. The van der Waals surface area contributed by atoms with Crippen LogP contribution < -0.4 is 10.5 Å². The molecule has 23 heavy (non-hydrogen) atoms. The zero-order chi connectivity index (χ0) is 14.7. The first-order valence-corrected chi connectivity index (χ1v) is 7.36. The Bertz CT molecular complexity index is 624. The van der Waals surface area contributed by atoms with Gasteiger partial charge in [0, 0.05) is 23.5 Å². The maximum absolute atomic E-state index is 5.92. The summed E-state index contributed by atoms with van der Waals surface area (Å²) in [5.41, 5.74) is 8.68. The molecule has 0 aliphatic carbocycles. The lowest BCUT2D eigenvalue weighted by Crippen LogP contribution is -2.30. The van der Waals surface area contributed by atoms with Crippen molar-refractivity contribution in [3.8, 4) is 16.9 Å². The number of rotatable bonds is 4. The summed E-state index contributed by atoms with van der Waals surface area (Å²) < 4.78 is 5.92. The summed E-state index contributed by atoms with van der Waals surface area (Å²) in [4.78, 5) is 6.63. The van der Waals surface area contributed by atoms with Gasteiger partial charge < -0.3 is 15.4 Å². The fourth-order valence-corrected chi connectivity index (χ4v) is 2.76. The molecule has 1 aliphatic heterocycles. The molecule has 4 nitrogen and oxygen atoms in total. The normalized spacial score (nSPS) is 17.2. The van der Waals surface area contributed by atoms with Gasteiger partial charge in [0.1, 0.15) is 12.4 Å². The first-order chi connectivity index (χ1) is 10.2. The van der Waals surface area contributed by atoms with Crippen molar-refractivity contribution in [1.82, 2.24) is 9.88 Å². The topological polar surface area (TPSA) is 51.4 Å². The minimum absolute atomic E-state index is 0. The molecular formula is C17H23Cl2N3O. The van der Waals surface area contributed by atoms with Gasteiger partial charge in [-0.25, -0.2) is 0 Å². The molecule has 1 aliphatic rings. The summed E-state index contributed by atoms with van der Waals surface area (Å²) in [6, 6.07) is 10.4. The average molecular weight is 356 g/mol. The van der Waals surface area contributed by atoms with Gasteiger partial charge in [0.15, 0.2) is 0 Å². The first kappa shape index (κ1) is 19.6. The molecule has 1 aromatic heterocycles. The molecule has 0 unspecified atom stereocenters. The number of benzene rings is 1. The zero-order valence-corrected chi connectivity index (χ0v) is 14.8. The van der Waals surface area contributed by atoms with E-state index in [9.17, 15) is 0 Å². The van der Waals surface area contributed by atoms with Crippen LogP contribution in [-0.4, -0.2) is 36.1 Å². The standard InChI is InChI=1S/C17H21N3O.2ClH/c1-20-7-3-6-16(20)12-21-17-9-14(10-19-11-17)13-4-2-5-15(18)8-13;;/h2,4-5,8-11,16H,3,6-7,12,18H2,1H3;2*1H/t16-;;/m0../s1. The second-order valence-corrected chi connectivity index (χ2v) is 5.62. The highest BCUT2D eigenvalue weighted by Crippen LogP contribution is 2.25. The predicted octanol–water partition coefficient (Wildman–Crippen LogP) is 3.65. The van der Waals surface area contributed by atoms with Crippen LogP contribution >= 0.6 is 24.8 Å². The molecule has 1 fully saturated rings. The summed E-state index contributed by atoms with van der Waals surface area (Å²) in [5, 5.41) is 0. The van der Waals surface area contributed by atoms with Crippen LogP contribution in [0.3, 0.4) is 0 Å². The Labute approximate surface area is 149 Å². The predicted molar refractivity (Wildman–Crippen MR) is 99.7 cm³/mol. The number of nitrogen functional groups attached to an aromatic ring is 1. The van der Waals surface area contributed by atoms with Gasteiger partial charge in [-0.2, -0.15) is 0 Å². The van der Waals surface area contributed by atoms with Crippen LogP contribution in [0.25, 0.3) is 11.1 Å². The van der Waals surface area contributed by atoms with E-state index >= 15 is 0 Å². The number of pyridine rings is 1. The van der Waals surface area contributed by atoms with Gasteiger partial charge in [-0.1, -0.05) is 12.1 Å². The largest absolute Gasteiger partial charge is 0.490 e. The molecule has 1 atom stereocenters. The number of aromatic nitrogens is 1. The van der Waals surface area contributed by atoms with Crippen molar-refractivity contribution in [3.05, 3.63) is 42.7 Å². The van der Waals surface area contributed by atoms with E-state index in [1.165, 1.54) is 12.8 Å². The highest BCUT2D eigenvalue weighted by molar-refractivity contribution is 5.85. The van der Waals surface area contributed by atoms with Crippen molar-refractivity contribution in [3.63, 3.8) is 0 Å². The Morgan fingerprint density at radius 3 is 2.74 bits per heavy atom. The van der Waals surface area contributed by atoms with Gasteiger partial charge in [0.2, 0.25) is 0 Å². The number of nitrogens with two attached hydrogens (primary N) is 1. The van der Waals surface area contributed by atoms with Crippen LogP contribution in [-0.2, 0) is 0 Å². The van der Waals surface area contributed by atoms with E-state index in [1.807, 2.05) is 36.5 Å². The lowest BCUT2D eigenvalue weighted by molar-refractivity contribution is 0.198. The summed E-state index contributed by atoms with van der Waals surface area (Å²) in [7, 11) is 2.16. The molecular weight excluding hydrogens is 333 g/mol. The second-order valence-electron chi connectivity index (χ2n) is 5.62. The van der Waals surface area contributed by atoms with Gasteiger partial charge in [0.25, 0.3) is 0 Å². The molecule has 2 N–H and O–H groups in total. The number of ether oxygens (including phenoxy) is 1. The zero-order valence-electron chi connectivity index (χ0n) is 13.1. The molecule has 0 radical (unpaired) electrons. The van der Waals surface area contributed by atoms with Crippen molar-refractivity contribution in [2.45, 2.75) is 18.9 Å². The maximum atomic E-state index is 5.92. The molecule has 6 heteroatoms. The number of anilines is 1. The van der Waals surface area contributed by atoms with Crippen molar-refractivity contribution >= 4 is 30.5 Å². The molecule has 1 aromatic carbocycles. The Kier molecular flexibility index (Phi) is 7.62. The van der Waals surface area contributed by atoms with Crippen LogP contribution in [0.4, 0.5) is 5.69 Å². The molecule has 1 saturated heterocycles. The van der Waals surface area contributed by atoms with Crippen LogP contribution in [0.2, 0.25) is 0 Å². The van der Waals surface area contributed by atoms with Crippen molar-refractivity contribution in [2.75, 3.05) is 25.9 Å². The van der Waals surface area contributed by atoms with E-state index in [1.54, 1.807) is 6.20 Å². The smallest absolute Gasteiger partial charge is 0.138 e. The summed E-state index contributed by atoms with van der Waals surface area (Å²) in [6.07, 6.45) is 6.07. The third kappa shape index (κ3) is 4.99. The van der Waals surface area contributed by atoms with Crippen LogP contribution in [0.15, 0.2) is 42.7 Å². The van der Waals surface area contributed by atoms with Gasteiger partial charge in [-0.05, 0) is 50.2 Å². The SMILES string of the molecule is CN1CCC[C@H]1COc1cncc(-c2cccc(N)c2)c1.Cl.Cl. The second kappa shape index (κ2) is 8.96. The quantitative estimate of drug-likeness (QED) is 0.850. The molecule has 0 bridgehead atoms. The van der Waals surface area contributed by atoms with E-state index in [0.29, 0.717) is 6.04 Å². The van der Waals surface area contributed by atoms with E-state index < -0.39 is 0 Å². The van der Waals surface area contributed by atoms with Gasteiger partial charge in [-0.15, -0.1) is 24.8 Å².